The van der Waals surface area contributed by atoms with Gasteiger partial charge in [0.2, 0.25) is 0 Å². The van der Waals surface area contributed by atoms with Crippen LogP contribution in [-0.2, 0) is 6.42 Å². The van der Waals surface area contributed by atoms with Crippen molar-refractivity contribution in [1.29, 1.82) is 0 Å². The van der Waals surface area contributed by atoms with E-state index in [0.29, 0.717) is 11.5 Å². The fourth-order valence-corrected chi connectivity index (χ4v) is 2.38. The van der Waals surface area contributed by atoms with Crippen molar-refractivity contribution in [1.82, 2.24) is 4.98 Å². The number of rotatable bonds is 4. The van der Waals surface area contributed by atoms with E-state index in [1.54, 1.807) is 13.0 Å². The Morgan fingerprint density at radius 2 is 2.10 bits per heavy atom. The maximum Gasteiger partial charge on any atom is 0.335 e. The lowest BCUT2D eigenvalue weighted by molar-refractivity contribution is 0.0696. The van der Waals surface area contributed by atoms with Crippen LogP contribution >= 0.6 is 15.9 Å². The van der Waals surface area contributed by atoms with E-state index >= 15 is 0 Å². The third-order valence-electron chi connectivity index (χ3n) is 2.91. The molecule has 0 saturated heterocycles. The highest BCUT2D eigenvalue weighted by atomic mass is 79.9. The predicted octanol–water partition coefficient (Wildman–Crippen LogP) is 4.16. The highest BCUT2D eigenvalue weighted by molar-refractivity contribution is 9.10. The number of halogens is 1. The molecule has 0 unspecified atom stereocenters. The molecule has 0 fully saturated rings. The summed E-state index contributed by atoms with van der Waals surface area (Å²) in [6.45, 7) is 3.85. The molecular weight excluding hydrogens is 320 g/mol. The van der Waals surface area contributed by atoms with Crippen LogP contribution in [0.1, 0.15) is 28.5 Å². The number of aromatic carboxylic acids is 1. The van der Waals surface area contributed by atoms with E-state index in [0.717, 1.165) is 22.1 Å². The third-order valence-corrected chi connectivity index (χ3v) is 3.40. The van der Waals surface area contributed by atoms with Gasteiger partial charge >= 0.3 is 5.97 Å². The van der Waals surface area contributed by atoms with Crippen LogP contribution in [0.3, 0.4) is 0 Å². The van der Waals surface area contributed by atoms with Gasteiger partial charge in [0.25, 0.3) is 0 Å². The zero-order valence-corrected chi connectivity index (χ0v) is 12.9. The van der Waals surface area contributed by atoms with Gasteiger partial charge in [0.15, 0.2) is 0 Å². The summed E-state index contributed by atoms with van der Waals surface area (Å²) < 4.78 is 1.02. The summed E-state index contributed by atoms with van der Waals surface area (Å²) in [6.07, 6.45) is 0.874. The van der Waals surface area contributed by atoms with E-state index in [1.807, 2.05) is 18.2 Å². The Balaban J connectivity index is 2.37. The Hall–Kier alpha value is -1.88. The first-order valence-electron chi connectivity index (χ1n) is 6.27. The number of nitrogens with zero attached hydrogens (tertiary/aromatic N) is 1. The monoisotopic (exact) mass is 334 g/mol. The number of hydrogen-bond acceptors (Lipinski definition) is 3. The van der Waals surface area contributed by atoms with Crippen LogP contribution in [0, 0.1) is 6.92 Å². The second kappa shape index (κ2) is 6.05. The van der Waals surface area contributed by atoms with E-state index in [4.69, 9.17) is 5.11 Å². The van der Waals surface area contributed by atoms with Crippen molar-refractivity contribution >= 4 is 33.4 Å². The minimum atomic E-state index is -0.954. The summed E-state index contributed by atoms with van der Waals surface area (Å²) in [5.41, 5.74) is 2.97. The number of carboxylic acid groups (broad SMARTS) is 1. The van der Waals surface area contributed by atoms with Gasteiger partial charge in [0.05, 0.1) is 5.56 Å². The van der Waals surface area contributed by atoms with Gasteiger partial charge in [-0.25, -0.2) is 9.78 Å². The van der Waals surface area contributed by atoms with E-state index in [1.165, 1.54) is 6.07 Å². The molecule has 2 N–H and O–H groups in total. The average molecular weight is 335 g/mol. The van der Waals surface area contributed by atoms with Crippen molar-refractivity contribution in [3.8, 4) is 0 Å². The van der Waals surface area contributed by atoms with Crippen LogP contribution in [0.5, 0.6) is 0 Å². The number of aromatic nitrogens is 1. The number of pyridine rings is 1. The topological polar surface area (TPSA) is 62.2 Å². The van der Waals surface area contributed by atoms with Gasteiger partial charge in [-0.15, -0.1) is 0 Å². The molecule has 4 nitrogen and oxygen atoms in total. The highest BCUT2D eigenvalue weighted by Gasteiger charge is 2.08. The van der Waals surface area contributed by atoms with Crippen molar-refractivity contribution in [2.45, 2.75) is 20.3 Å². The van der Waals surface area contributed by atoms with Crippen molar-refractivity contribution in [2.24, 2.45) is 0 Å². The fourth-order valence-electron chi connectivity index (χ4n) is 1.97. The van der Waals surface area contributed by atoms with Crippen LogP contribution < -0.4 is 5.32 Å². The molecule has 1 aromatic heterocycles. The zero-order valence-electron chi connectivity index (χ0n) is 11.3. The number of carboxylic acids is 1. The molecule has 104 valence electrons. The second-order valence-electron chi connectivity index (χ2n) is 4.47. The van der Waals surface area contributed by atoms with Crippen LogP contribution in [-0.4, -0.2) is 16.1 Å². The van der Waals surface area contributed by atoms with Crippen molar-refractivity contribution < 1.29 is 9.90 Å². The lowest BCUT2D eigenvalue weighted by atomic mass is 10.1. The van der Waals surface area contributed by atoms with Gasteiger partial charge < -0.3 is 10.4 Å². The molecule has 1 aromatic carbocycles. The number of anilines is 2. The van der Waals surface area contributed by atoms with E-state index in [2.05, 4.69) is 33.2 Å². The van der Waals surface area contributed by atoms with Crippen molar-refractivity contribution in [3.05, 3.63) is 51.6 Å². The van der Waals surface area contributed by atoms with Gasteiger partial charge in [-0.1, -0.05) is 22.9 Å². The maximum absolute atomic E-state index is 11.1. The number of aryl methyl sites for hydroxylation is 2. The number of benzene rings is 1. The Morgan fingerprint density at radius 3 is 2.75 bits per heavy atom. The molecule has 0 radical (unpaired) electrons. The smallest absolute Gasteiger partial charge is 0.335 e. The summed E-state index contributed by atoms with van der Waals surface area (Å²) in [4.78, 5) is 15.4. The summed E-state index contributed by atoms with van der Waals surface area (Å²) in [5.74, 6) is -0.413. The lowest BCUT2D eigenvalue weighted by Gasteiger charge is -2.12. The molecular formula is C15H15BrN2O2. The van der Waals surface area contributed by atoms with Gasteiger partial charge in [-0.2, -0.15) is 0 Å². The molecule has 0 spiro atoms. The molecule has 0 aliphatic carbocycles. The molecule has 2 aromatic rings. The van der Waals surface area contributed by atoms with Gasteiger partial charge in [0, 0.05) is 15.9 Å². The molecule has 2 rings (SSSR count). The van der Waals surface area contributed by atoms with E-state index in [-0.39, 0.29) is 5.56 Å². The molecule has 20 heavy (non-hydrogen) atoms. The molecule has 1 heterocycles. The first-order valence-corrected chi connectivity index (χ1v) is 7.06. The largest absolute Gasteiger partial charge is 0.478 e. The maximum atomic E-state index is 11.1. The Kier molecular flexibility index (Phi) is 4.39. The van der Waals surface area contributed by atoms with Gasteiger partial charge in [0.1, 0.15) is 5.82 Å². The quantitative estimate of drug-likeness (QED) is 0.881. The fraction of sp³-hybridized carbons (Fsp3) is 0.200. The van der Waals surface area contributed by atoms with Crippen molar-refractivity contribution in [2.75, 3.05) is 5.32 Å². The van der Waals surface area contributed by atoms with E-state index in [9.17, 15) is 4.79 Å². The number of carbonyl (C=O) groups is 1. The van der Waals surface area contributed by atoms with Gasteiger partial charge in [-0.05, 0) is 49.2 Å². The summed E-state index contributed by atoms with van der Waals surface area (Å²) >= 11 is 3.44. The Labute approximate surface area is 126 Å². The first-order chi connectivity index (χ1) is 9.49. The molecule has 0 atom stereocenters. The van der Waals surface area contributed by atoms with Gasteiger partial charge in [-0.3, -0.25) is 0 Å². The zero-order chi connectivity index (χ0) is 14.7. The second-order valence-corrected chi connectivity index (χ2v) is 5.38. The Bertz CT molecular complexity index is 656. The van der Waals surface area contributed by atoms with E-state index < -0.39 is 5.97 Å². The number of hydrogen-bond donors (Lipinski definition) is 2. The first kappa shape index (κ1) is 14.5. The molecule has 0 aliphatic rings. The summed E-state index contributed by atoms with van der Waals surface area (Å²) in [5, 5.41) is 12.3. The summed E-state index contributed by atoms with van der Waals surface area (Å²) in [6, 6.07) is 9.02. The lowest BCUT2D eigenvalue weighted by Crippen LogP contribution is -2.03. The SMILES string of the molecule is CCc1cc(Br)ccc1Nc1cc(C(=O)O)cc(C)n1. The average Bonchev–Trinajstić information content (AvgIpc) is 2.40. The predicted molar refractivity (Wildman–Crippen MR) is 82.7 cm³/mol. The normalized spacial score (nSPS) is 10.3. The van der Waals surface area contributed by atoms with Crippen LogP contribution in [0.4, 0.5) is 11.5 Å². The van der Waals surface area contributed by atoms with Crippen LogP contribution in [0.2, 0.25) is 0 Å². The minimum absolute atomic E-state index is 0.232. The Morgan fingerprint density at radius 1 is 1.35 bits per heavy atom. The molecule has 0 amide bonds. The van der Waals surface area contributed by atoms with Crippen LogP contribution in [0.15, 0.2) is 34.8 Å². The third kappa shape index (κ3) is 3.36. The molecule has 0 saturated carbocycles. The van der Waals surface area contributed by atoms with Crippen molar-refractivity contribution in [3.63, 3.8) is 0 Å². The highest BCUT2D eigenvalue weighted by Crippen LogP contribution is 2.25. The molecule has 5 heteroatoms. The van der Waals surface area contributed by atoms with Crippen LogP contribution in [0.25, 0.3) is 0 Å². The molecule has 0 aliphatic heterocycles. The molecule has 0 bridgehead atoms. The summed E-state index contributed by atoms with van der Waals surface area (Å²) in [7, 11) is 0. The standard InChI is InChI=1S/C15H15BrN2O2/c1-3-10-7-12(16)4-5-13(10)18-14-8-11(15(19)20)6-9(2)17-14/h4-8H,3H2,1-2H3,(H,17,18)(H,19,20). The minimum Gasteiger partial charge on any atom is -0.478 e. The number of nitrogens with one attached hydrogen (secondary N) is 1.